The third kappa shape index (κ3) is 3.28. The highest BCUT2D eigenvalue weighted by molar-refractivity contribution is 7.92. The fourth-order valence-electron chi connectivity index (χ4n) is 1.48. The van der Waals surface area contributed by atoms with Crippen molar-refractivity contribution in [1.29, 1.82) is 0 Å². The highest BCUT2D eigenvalue weighted by Crippen LogP contribution is 2.22. The third-order valence-corrected chi connectivity index (χ3v) is 3.76. The van der Waals surface area contributed by atoms with E-state index in [1.165, 1.54) is 12.1 Å². The van der Waals surface area contributed by atoms with Crippen molar-refractivity contribution in [3.63, 3.8) is 0 Å². The van der Waals surface area contributed by atoms with Crippen molar-refractivity contribution < 1.29 is 22.1 Å². The number of nitrogens with zero attached hydrogens (tertiary/aromatic N) is 2. The molecule has 2 aromatic rings. The number of sulfonamides is 1. The normalized spacial score (nSPS) is 11.1. The molecule has 1 heterocycles. The van der Waals surface area contributed by atoms with Gasteiger partial charge >= 0.3 is 0 Å². The molecule has 0 aliphatic carbocycles. The Morgan fingerprint density at radius 1 is 1.19 bits per heavy atom. The minimum absolute atomic E-state index is 0.340. The first-order valence-electron chi connectivity index (χ1n) is 5.39. The number of rotatable bonds is 4. The SMILES string of the molecule is O=[N+]([O-])c1ccc(S(=O)(=O)Nc2cccc(F)n2)c(F)c1. The van der Waals surface area contributed by atoms with Gasteiger partial charge in [-0.25, -0.2) is 17.8 Å². The first-order chi connectivity index (χ1) is 9.79. The first kappa shape index (κ1) is 14.8. The number of nitro benzene ring substituents is 1. The van der Waals surface area contributed by atoms with E-state index in [1.54, 1.807) is 0 Å². The Balaban J connectivity index is 2.38. The lowest BCUT2D eigenvalue weighted by atomic mass is 10.3. The van der Waals surface area contributed by atoms with Gasteiger partial charge in [0.2, 0.25) is 5.95 Å². The van der Waals surface area contributed by atoms with Crippen LogP contribution in [0.1, 0.15) is 0 Å². The highest BCUT2D eigenvalue weighted by atomic mass is 32.2. The van der Waals surface area contributed by atoms with E-state index in [2.05, 4.69) is 4.98 Å². The molecule has 0 amide bonds. The van der Waals surface area contributed by atoms with Crippen LogP contribution in [0.4, 0.5) is 20.3 Å². The number of hydrogen-bond donors (Lipinski definition) is 1. The molecule has 1 aromatic carbocycles. The Morgan fingerprint density at radius 3 is 2.48 bits per heavy atom. The predicted octanol–water partition coefficient (Wildman–Crippen LogP) is 2.07. The number of aromatic nitrogens is 1. The van der Waals surface area contributed by atoms with Crippen molar-refractivity contribution in [1.82, 2.24) is 4.98 Å². The van der Waals surface area contributed by atoms with E-state index < -0.39 is 37.3 Å². The number of nitro groups is 1. The van der Waals surface area contributed by atoms with Gasteiger partial charge in [-0.2, -0.15) is 4.39 Å². The second kappa shape index (κ2) is 5.40. The van der Waals surface area contributed by atoms with Gasteiger partial charge in [-0.15, -0.1) is 0 Å². The van der Waals surface area contributed by atoms with E-state index in [9.17, 15) is 27.3 Å². The molecular formula is C11H7F2N3O4S. The van der Waals surface area contributed by atoms with Crippen molar-refractivity contribution in [3.8, 4) is 0 Å². The third-order valence-electron chi connectivity index (χ3n) is 2.37. The molecule has 0 unspecified atom stereocenters. The topological polar surface area (TPSA) is 102 Å². The Morgan fingerprint density at radius 2 is 1.90 bits per heavy atom. The van der Waals surface area contributed by atoms with Crippen molar-refractivity contribution in [2.24, 2.45) is 0 Å². The number of benzene rings is 1. The minimum Gasteiger partial charge on any atom is -0.263 e. The second-order valence-electron chi connectivity index (χ2n) is 3.82. The monoisotopic (exact) mass is 315 g/mol. The van der Waals surface area contributed by atoms with E-state index in [0.29, 0.717) is 6.07 Å². The van der Waals surface area contributed by atoms with Crippen LogP contribution in [0.25, 0.3) is 0 Å². The molecule has 7 nitrogen and oxygen atoms in total. The number of pyridine rings is 1. The molecule has 0 spiro atoms. The number of hydrogen-bond acceptors (Lipinski definition) is 5. The molecule has 0 fully saturated rings. The van der Waals surface area contributed by atoms with E-state index in [4.69, 9.17) is 0 Å². The van der Waals surface area contributed by atoms with Crippen molar-refractivity contribution in [3.05, 3.63) is 58.3 Å². The molecule has 10 heteroatoms. The maximum Gasteiger partial charge on any atom is 0.272 e. The van der Waals surface area contributed by atoms with Crippen molar-refractivity contribution in [2.75, 3.05) is 4.72 Å². The molecule has 0 radical (unpaired) electrons. The summed E-state index contributed by atoms with van der Waals surface area (Å²) in [5, 5.41) is 10.5. The summed E-state index contributed by atoms with van der Waals surface area (Å²) in [5.74, 6) is -2.56. The number of halogens is 2. The summed E-state index contributed by atoms with van der Waals surface area (Å²) in [6.45, 7) is 0. The average molecular weight is 315 g/mol. The molecule has 2 rings (SSSR count). The Hall–Kier alpha value is -2.62. The van der Waals surface area contributed by atoms with Crippen LogP contribution in [0, 0.1) is 21.9 Å². The summed E-state index contributed by atoms with van der Waals surface area (Å²) >= 11 is 0. The van der Waals surface area contributed by atoms with Gasteiger partial charge in [0.1, 0.15) is 10.7 Å². The van der Waals surface area contributed by atoms with E-state index in [0.717, 1.165) is 18.2 Å². The smallest absolute Gasteiger partial charge is 0.263 e. The second-order valence-corrected chi connectivity index (χ2v) is 5.47. The van der Waals surface area contributed by atoms with Crippen LogP contribution in [-0.4, -0.2) is 18.3 Å². The molecule has 0 aliphatic rings. The maximum atomic E-state index is 13.7. The van der Waals surface area contributed by atoms with Crippen LogP contribution in [0.15, 0.2) is 41.3 Å². The van der Waals surface area contributed by atoms with Gasteiger partial charge in [-0.3, -0.25) is 14.8 Å². The molecule has 1 aromatic heterocycles. The maximum absolute atomic E-state index is 13.7. The molecule has 0 saturated heterocycles. The summed E-state index contributed by atoms with van der Waals surface area (Å²) in [4.78, 5) is 12.1. The summed E-state index contributed by atoms with van der Waals surface area (Å²) in [6.07, 6.45) is 0. The fraction of sp³-hybridized carbons (Fsp3) is 0. The van der Waals surface area contributed by atoms with Crippen LogP contribution in [0.3, 0.4) is 0 Å². The quantitative estimate of drug-likeness (QED) is 0.528. The summed E-state index contributed by atoms with van der Waals surface area (Å²) < 4.78 is 52.3. The first-order valence-corrected chi connectivity index (χ1v) is 6.87. The van der Waals surface area contributed by atoms with Crippen LogP contribution in [0.2, 0.25) is 0 Å². The van der Waals surface area contributed by atoms with Gasteiger partial charge in [0, 0.05) is 6.07 Å². The van der Waals surface area contributed by atoms with E-state index in [1.807, 2.05) is 4.72 Å². The van der Waals surface area contributed by atoms with Crippen molar-refractivity contribution >= 4 is 21.5 Å². The molecule has 0 saturated carbocycles. The van der Waals surface area contributed by atoms with Gasteiger partial charge in [0.05, 0.1) is 11.0 Å². The molecule has 21 heavy (non-hydrogen) atoms. The van der Waals surface area contributed by atoms with Crippen LogP contribution >= 0.6 is 0 Å². The Bertz CT molecular complexity index is 811. The predicted molar refractivity (Wildman–Crippen MR) is 68.1 cm³/mol. The van der Waals surface area contributed by atoms with E-state index in [-0.39, 0.29) is 5.82 Å². The fourth-order valence-corrected chi connectivity index (χ4v) is 2.54. The van der Waals surface area contributed by atoms with Crippen molar-refractivity contribution in [2.45, 2.75) is 4.90 Å². The molecule has 110 valence electrons. The molecule has 1 N–H and O–H groups in total. The summed E-state index contributed by atoms with van der Waals surface area (Å²) in [7, 11) is -4.38. The van der Waals surface area contributed by atoms with Gasteiger partial charge in [-0.05, 0) is 18.2 Å². The molecule has 0 atom stereocenters. The average Bonchev–Trinajstić information content (AvgIpc) is 2.37. The summed E-state index contributed by atoms with van der Waals surface area (Å²) in [6, 6.07) is 5.46. The highest BCUT2D eigenvalue weighted by Gasteiger charge is 2.22. The van der Waals surface area contributed by atoms with Gasteiger partial charge in [0.15, 0.2) is 5.82 Å². The number of non-ortho nitro benzene ring substituents is 1. The molecule has 0 bridgehead atoms. The molecule has 0 aliphatic heterocycles. The van der Waals surface area contributed by atoms with Crippen LogP contribution in [0.5, 0.6) is 0 Å². The van der Waals surface area contributed by atoms with Crippen LogP contribution in [-0.2, 0) is 10.0 Å². The zero-order valence-electron chi connectivity index (χ0n) is 10.2. The van der Waals surface area contributed by atoms with Gasteiger partial charge in [0.25, 0.3) is 15.7 Å². The zero-order valence-corrected chi connectivity index (χ0v) is 11.0. The number of nitrogens with one attached hydrogen (secondary N) is 1. The van der Waals surface area contributed by atoms with Crippen LogP contribution < -0.4 is 4.72 Å². The standard InChI is InChI=1S/C11H7F2N3O4S/c12-8-6-7(16(17)18)4-5-9(8)21(19,20)15-11-3-1-2-10(13)14-11/h1-6H,(H,14,15). The lowest BCUT2D eigenvalue weighted by molar-refractivity contribution is -0.385. The Kier molecular flexibility index (Phi) is 3.80. The molecular weight excluding hydrogens is 308 g/mol. The lowest BCUT2D eigenvalue weighted by Gasteiger charge is -2.07. The number of anilines is 1. The van der Waals surface area contributed by atoms with Gasteiger partial charge < -0.3 is 0 Å². The van der Waals surface area contributed by atoms with E-state index >= 15 is 0 Å². The van der Waals surface area contributed by atoms with Gasteiger partial charge in [-0.1, -0.05) is 6.07 Å². The Labute approximate surface area is 117 Å². The summed E-state index contributed by atoms with van der Waals surface area (Å²) in [5.41, 5.74) is -0.588. The minimum atomic E-state index is -4.38. The zero-order chi connectivity index (χ0) is 15.6. The lowest BCUT2D eigenvalue weighted by Crippen LogP contribution is -2.15. The largest absolute Gasteiger partial charge is 0.272 e.